The molecule has 0 aliphatic carbocycles. The molecule has 1 saturated heterocycles. The minimum absolute atomic E-state index is 0.301. The molecule has 0 amide bonds. The van der Waals surface area contributed by atoms with E-state index in [1.54, 1.807) is 41.9 Å². The fourth-order valence-corrected chi connectivity index (χ4v) is 5.94. The molecule has 0 radical (unpaired) electrons. The topological polar surface area (TPSA) is 98.4 Å². The molecule has 4 aromatic rings. The highest BCUT2D eigenvalue weighted by Crippen LogP contribution is 2.32. The molecule has 2 N–H and O–H groups in total. The van der Waals surface area contributed by atoms with Gasteiger partial charge in [0.1, 0.15) is 5.82 Å². The number of hydrogen-bond donors (Lipinski definition) is 1. The summed E-state index contributed by atoms with van der Waals surface area (Å²) in [5.74, 6) is 1.01. The standard InChI is InChI=1S/C26H26N4O3S/c1-17-13-21(16-28-26(17)33-2)19-7-10-24-20(14-19)15-23(25(27)29-24)18-5-8-22(9-6-18)34(31,32)30-11-3-4-12-30/h5-10,13-16H,3-4,11-12H2,1-2H3,(H2,27,29). The van der Waals surface area contributed by atoms with E-state index in [1.807, 2.05) is 31.2 Å². The zero-order valence-electron chi connectivity index (χ0n) is 19.2. The van der Waals surface area contributed by atoms with E-state index in [4.69, 9.17) is 10.5 Å². The minimum atomic E-state index is -3.46. The van der Waals surface area contributed by atoms with Crippen molar-refractivity contribution >= 4 is 26.7 Å². The lowest BCUT2D eigenvalue weighted by molar-refractivity contribution is 0.394. The molecule has 2 aromatic carbocycles. The summed E-state index contributed by atoms with van der Waals surface area (Å²) in [7, 11) is -1.85. The maximum Gasteiger partial charge on any atom is 0.243 e. The van der Waals surface area contributed by atoms with Crippen molar-refractivity contribution in [3.05, 3.63) is 66.4 Å². The summed E-state index contributed by atoms with van der Waals surface area (Å²) in [5, 5.41) is 0.934. The van der Waals surface area contributed by atoms with Crippen molar-refractivity contribution in [2.45, 2.75) is 24.7 Å². The van der Waals surface area contributed by atoms with Crippen LogP contribution in [0, 0.1) is 6.92 Å². The highest BCUT2D eigenvalue weighted by molar-refractivity contribution is 7.89. The van der Waals surface area contributed by atoms with Gasteiger partial charge in [0.15, 0.2) is 0 Å². The molecule has 1 aliphatic heterocycles. The minimum Gasteiger partial charge on any atom is -0.481 e. The van der Waals surface area contributed by atoms with Crippen molar-refractivity contribution in [3.63, 3.8) is 0 Å². The van der Waals surface area contributed by atoms with E-state index in [0.29, 0.717) is 29.7 Å². The van der Waals surface area contributed by atoms with E-state index in [1.165, 1.54) is 0 Å². The third-order valence-electron chi connectivity index (χ3n) is 6.27. The number of nitrogens with zero attached hydrogens (tertiary/aromatic N) is 3. The first-order valence-corrected chi connectivity index (χ1v) is 12.6. The van der Waals surface area contributed by atoms with E-state index in [2.05, 4.69) is 16.0 Å². The van der Waals surface area contributed by atoms with Gasteiger partial charge in [-0.1, -0.05) is 18.2 Å². The van der Waals surface area contributed by atoms with Crippen LogP contribution >= 0.6 is 0 Å². The first-order valence-electron chi connectivity index (χ1n) is 11.2. The number of fused-ring (bicyclic) bond motifs is 1. The van der Waals surface area contributed by atoms with Crippen molar-refractivity contribution in [1.29, 1.82) is 0 Å². The average molecular weight is 475 g/mol. The predicted molar refractivity (Wildman–Crippen MR) is 134 cm³/mol. The van der Waals surface area contributed by atoms with Crippen molar-refractivity contribution in [3.8, 4) is 28.1 Å². The second kappa shape index (κ2) is 8.70. The molecule has 1 fully saturated rings. The van der Waals surface area contributed by atoms with Gasteiger partial charge < -0.3 is 10.5 Å². The number of aromatic nitrogens is 2. The smallest absolute Gasteiger partial charge is 0.243 e. The number of methoxy groups -OCH3 is 1. The fraction of sp³-hybridized carbons (Fsp3) is 0.231. The van der Waals surface area contributed by atoms with Gasteiger partial charge in [0.05, 0.1) is 17.5 Å². The molecule has 174 valence electrons. The number of hydrogen-bond acceptors (Lipinski definition) is 6. The lowest BCUT2D eigenvalue weighted by atomic mass is 10.0. The number of anilines is 1. The highest BCUT2D eigenvalue weighted by atomic mass is 32.2. The number of pyridine rings is 2. The Balaban J connectivity index is 1.51. The quantitative estimate of drug-likeness (QED) is 0.452. The fourth-order valence-electron chi connectivity index (χ4n) is 4.42. The molecule has 0 atom stereocenters. The predicted octanol–water partition coefficient (Wildman–Crippen LogP) is 4.65. The molecule has 1 aliphatic rings. The van der Waals surface area contributed by atoms with Crippen LogP contribution in [-0.4, -0.2) is 42.9 Å². The van der Waals surface area contributed by atoms with Crippen LogP contribution in [0.5, 0.6) is 5.88 Å². The second-order valence-corrected chi connectivity index (χ2v) is 10.5. The van der Waals surface area contributed by atoms with Crippen LogP contribution in [0.4, 0.5) is 5.82 Å². The summed E-state index contributed by atoms with van der Waals surface area (Å²) in [6.45, 7) is 3.12. The molecule has 2 aromatic heterocycles. The van der Waals surface area contributed by atoms with Gasteiger partial charge in [-0.3, -0.25) is 0 Å². The normalized spacial score (nSPS) is 14.5. The third-order valence-corrected chi connectivity index (χ3v) is 8.18. The second-order valence-electron chi connectivity index (χ2n) is 8.51. The molecule has 34 heavy (non-hydrogen) atoms. The molecule has 8 heteroatoms. The van der Waals surface area contributed by atoms with Crippen LogP contribution in [0.15, 0.2) is 65.7 Å². The number of ether oxygens (including phenoxy) is 1. The van der Waals surface area contributed by atoms with Crippen LogP contribution in [0.1, 0.15) is 18.4 Å². The Bertz CT molecular complexity index is 1480. The van der Waals surface area contributed by atoms with Crippen LogP contribution in [-0.2, 0) is 10.0 Å². The summed E-state index contributed by atoms with van der Waals surface area (Å²) in [6, 6.07) is 16.9. The van der Waals surface area contributed by atoms with Crippen molar-refractivity contribution in [1.82, 2.24) is 14.3 Å². The van der Waals surface area contributed by atoms with Gasteiger partial charge in [0.25, 0.3) is 0 Å². The number of nitrogens with two attached hydrogens (primary N) is 1. The molecule has 0 spiro atoms. The molecule has 0 unspecified atom stereocenters. The van der Waals surface area contributed by atoms with E-state index in [-0.39, 0.29) is 0 Å². The lowest BCUT2D eigenvalue weighted by Gasteiger charge is -2.16. The Kier molecular flexibility index (Phi) is 5.71. The Morgan fingerprint density at radius 2 is 1.65 bits per heavy atom. The number of nitrogen functional groups attached to an aromatic ring is 1. The molecule has 0 bridgehead atoms. The number of rotatable bonds is 5. The number of aryl methyl sites for hydroxylation is 1. The molecule has 5 rings (SSSR count). The van der Waals surface area contributed by atoms with Gasteiger partial charge in [0.2, 0.25) is 15.9 Å². The largest absolute Gasteiger partial charge is 0.481 e. The van der Waals surface area contributed by atoms with Crippen LogP contribution in [0.2, 0.25) is 0 Å². The molecule has 3 heterocycles. The monoisotopic (exact) mass is 474 g/mol. The van der Waals surface area contributed by atoms with Crippen LogP contribution in [0.3, 0.4) is 0 Å². The van der Waals surface area contributed by atoms with Gasteiger partial charge in [-0.25, -0.2) is 18.4 Å². The van der Waals surface area contributed by atoms with Gasteiger partial charge in [0, 0.05) is 41.4 Å². The van der Waals surface area contributed by atoms with E-state index >= 15 is 0 Å². The lowest BCUT2D eigenvalue weighted by Crippen LogP contribution is -2.27. The van der Waals surface area contributed by atoms with Crippen molar-refractivity contribution < 1.29 is 13.2 Å². The molecule has 7 nitrogen and oxygen atoms in total. The molecule has 0 saturated carbocycles. The maximum atomic E-state index is 12.8. The molecular formula is C26H26N4O3S. The zero-order valence-corrected chi connectivity index (χ0v) is 20.0. The van der Waals surface area contributed by atoms with Gasteiger partial charge in [-0.15, -0.1) is 0 Å². The summed E-state index contributed by atoms with van der Waals surface area (Å²) < 4.78 is 32.5. The third kappa shape index (κ3) is 3.99. The Hall–Kier alpha value is -3.49. The Morgan fingerprint density at radius 1 is 0.941 bits per heavy atom. The van der Waals surface area contributed by atoms with Gasteiger partial charge in [-0.05, 0) is 67.3 Å². The summed E-state index contributed by atoms with van der Waals surface area (Å²) in [5.41, 5.74) is 11.6. The van der Waals surface area contributed by atoms with Crippen LogP contribution < -0.4 is 10.5 Å². The van der Waals surface area contributed by atoms with Crippen LogP contribution in [0.25, 0.3) is 33.2 Å². The SMILES string of the molecule is COc1ncc(-c2ccc3nc(N)c(-c4ccc(S(=O)(=O)N5CCCC5)cc4)cc3c2)cc1C. The molecular weight excluding hydrogens is 448 g/mol. The first kappa shape index (κ1) is 22.3. The first-order chi connectivity index (χ1) is 16.4. The van der Waals surface area contributed by atoms with E-state index in [9.17, 15) is 8.42 Å². The van der Waals surface area contributed by atoms with Crippen molar-refractivity contribution in [2.24, 2.45) is 0 Å². The summed E-state index contributed by atoms with van der Waals surface area (Å²) >= 11 is 0. The summed E-state index contributed by atoms with van der Waals surface area (Å²) in [6.07, 6.45) is 3.60. The Morgan fingerprint density at radius 3 is 2.32 bits per heavy atom. The number of benzene rings is 2. The maximum absolute atomic E-state index is 12.8. The van der Waals surface area contributed by atoms with E-state index in [0.717, 1.165) is 51.6 Å². The van der Waals surface area contributed by atoms with Gasteiger partial charge >= 0.3 is 0 Å². The van der Waals surface area contributed by atoms with E-state index < -0.39 is 10.0 Å². The van der Waals surface area contributed by atoms with Gasteiger partial charge in [-0.2, -0.15) is 4.31 Å². The summed E-state index contributed by atoms with van der Waals surface area (Å²) in [4.78, 5) is 9.26. The van der Waals surface area contributed by atoms with Crippen molar-refractivity contribution in [2.75, 3.05) is 25.9 Å². The number of sulfonamides is 1. The average Bonchev–Trinajstić information content (AvgIpc) is 3.39. The highest BCUT2D eigenvalue weighted by Gasteiger charge is 2.27. The zero-order chi connectivity index (χ0) is 23.9. The Labute approximate surface area is 199 Å².